The minimum Gasteiger partial charge on any atom is -0.481 e. The molecule has 124 valence electrons. The van der Waals surface area contributed by atoms with Gasteiger partial charge in [-0.15, -0.1) is 11.3 Å². The zero-order chi connectivity index (χ0) is 16.9. The van der Waals surface area contributed by atoms with Crippen LogP contribution in [0.15, 0.2) is 54.0 Å². The maximum absolute atomic E-state index is 12.9. The standard InChI is InChI=1S/C17H16FN3O2S/c1-12(23-14-6-4-13(18)5-7-14)17(22)20-16-8-9-19-21(16)11-15-3-2-10-24-15/h2-10,12H,11H2,1H3,(H,20,22)/t12-/m0/s1. The molecule has 0 unspecified atom stereocenters. The zero-order valence-electron chi connectivity index (χ0n) is 13.0. The summed E-state index contributed by atoms with van der Waals surface area (Å²) in [5, 5.41) is 9.02. The van der Waals surface area contributed by atoms with Crippen molar-refractivity contribution in [1.82, 2.24) is 9.78 Å². The number of carbonyl (C=O) groups is 1. The van der Waals surface area contributed by atoms with Crippen molar-refractivity contribution in [1.29, 1.82) is 0 Å². The predicted molar refractivity (Wildman–Crippen MR) is 90.8 cm³/mol. The normalized spacial score (nSPS) is 11.9. The Balaban J connectivity index is 1.62. The number of benzene rings is 1. The third kappa shape index (κ3) is 3.99. The van der Waals surface area contributed by atoms with Gasteiger partial charge in [0.05, 0.1) is 12.7 Å². The van der Waals surface area contributed by atoms with E-state index < -0.39 is 6.10 Å². The van der Waals surface area contributed by atoms with Crippen LogP contribution >= 0.6 is 11.3 Å². The number of hydrogen-bond donors (Lipinski definition) is 1. The van der Waals surface area contributed by atoms with E-state index in [0.717, 1.165) is 4.88 Å². The summed E-state index contributed by atoms with van der Waals surface area (Å²) in [4.78, 5) is 13.4. The average molecular weight is 345 g/mol. The molecule has 1 N–H and O–H groups in total. The highest BCUT2D eigenvalue weighted by Crippen LogP contribution is 2.16. The van der Waals surface area contributed by atoms with Gasteiger partial charge < -0.3 is 10.1 Å². The molecule has 0 saturated heterocycles. The van der Waals surface area contributed by atoms with Crippen molar-refractivity contribution in [3.63, 3.8) is 0 Å². The van der Waals surface area contributed by atoms with Crippen molar-refractivity contribution in [2.24, 2.45) is 0 Å². The van der Waals surface area contributed by atoms with E-state index in [0.29, 0.717) is 18.1 Å². The first kappa shape index (κ1) is 16.2. The van der Waals surface area contributed by atoms with Crippen LogP contribution in [0.25, 0.3) is 0 Å². The highest BCUT2D eigenvalue weighted by atomic mass is 32.1. The SMILES string of the molecule is C[C@H](Oc1ccc(F)cc1)C(=O)Nc1ccnn1Cc1cccs1. The van der Waals surface area contributed by atoms with Crippen LogP contribution < -0.4 is 10.1 Å². The van der Waals surface area contributed by atoms with Crippen LogP contribution in [0, 0.1) is 5.82 Å². The van der Waals surface area contributed by atoms with E-state index in [1.165, 1.54) is 24.3 Å². The van der Waals surface area contributed by atoms with Gasteiger partial charge >= 0.3 is 0 Å². The molecule has 5 nitrogen and oxygen atoms in total. The van der Waals surface area contributed by atoms with Crippen molar-refractivity contribution in [3.8, 4) is 5.75 Å². The van der Waals surface area contributed by atoms with Crippen molar-refractivity contribution in [3.05, 3.63) is 64.7 Å². The molecule has 2 heterocycles. The molecule has 0 bridgehead atoms. The largest absolute Gasteiger partial charge is 0.481 e. The Morgan fingerprint density at radius 1 is 1.33 bits per heavy atom. The second-order valence-electron chi connectivity index (χ2n) is 5.16. The Morgan fingerprint density at radius 3 is 2.83 bits per heavy atom. The van der Waals surface area contributed by atoms with Gasteiger partial charge in [-0.2, -0.15) is 5.10 Å². The van der Waals surface area contributed by atoms with Crippen LogP contribution in [-0.2, 0) is 11.3 Å². The molecular formula is C17H16FN3O2S. The van der Waals surface area contributed by atoms with Gasteiger partial charge in [-0.1, -0.05) is 6.07 Å². The molecule has 2 aromatic heterocycles. The van der Waals surface area contributed by atoms with Crippen molar-refractivity contribution in [2.75, 3.05) is 5.32 Å². The third-order valence-corrected chi connectivity index (χ3v) is 4.21. The minimum absolute atomic E-state index is 0.299. The summed E-state index contributed by atoms with van der Waals surface area (Å²) in [6, 6.07) is 11.3. The molecule has 0 aliphatic carbocycles. The number of amides is 1. The van der Waals surface area contributed by atoms with E-state index >= 15 is 0 Å². The fourth-order valence-corrected chi connectivity index (χ4v) is 2.80. The van der Waals surface area contributed by atoms with Crippen LogP contribution in [0.3, 0.4) is 0 Å². The van der Waals surface area contributed by atoms with Gasteiger partial charge in [-0.3, -0.25) is 4.79 Å². The number of ether oxygens (including phenoxy) is 1. The van der Waals surface area contributed by atoms with E-state index in [4.69, 9.17) is 4.74 Å². The summed E-state index contributed by atoms with van der Waals surface area (Å²) in [5.74, 6) is 0.387. The summed E-state index contributed by atoms with van der Waals surface area (Å²) in [5.41, 5.74) is 0. The lowest BCUT2D eigenvalue weighted by molar-refractivity contribution is -0.122. The van der Waals surface area contributed by atoms with E-state index in [9.17, 15) is 9.18 Å². The van der Waals surface area contributed by atoms with E-state index in [2.05, 4.69) is 10.4 Å². The maximum atomic E-state index is 12.9. The molecule has 0 spiro atoms. The lowest BCUT2D eigenvalue weighted by Gasteiger charge is -2.15. The van der Waals surface area contributed by atoms with Gasteiger partial charge in [0.25, 0.3) is 5.91 Å². The van der Waals surface area contributed by atoms with Crippen LogP contribution in [0.5, 0.6) is 5.75 Å². The second-order valence-corrected chi connectivity index (χ2v) is 6.19. The molecule has 7 heteroatoms. The highest BCUT2D eigenvalue weighted by molar-refractivity contribution is 7.09. The first-order chi connectivity index (χ1) is 11.6. The third-order valence-electron chi connectivity index (χ3n) is 3.35. The Labute approximate surface area is 142 Å². The lowest BCUT2D eigenvalue weighted by atomic mass is 10.3. The monoisotopic (exact) mass is 345 g/mol. The summed E-state index contributed by atoms with van der Waals surface area (Å²) in [7, 11) is 0. The molecule has 0 aliphatic rings. The Hall–Kier alpha value is -2.67. The Kier molecular flexibility index (Phi) is 4.90. The van der Waals surface area contributed by atoms with Crippen LogP contribution in [-0.4, -0.2) is 21.8 Å². The molecule has 3 aromatic rings. The van der Waals surface area contributed by atoms with E-state index in [1.54, 1.807) is 35.2 Å². The minimum atomic E-state index is -0.722. The molecule has 0 saturated carbocycles. The number of nitrogens with one attached hydrogen (secondary N) is 1. The number of rotatable bonds is 6. The molecular weight excluding hydrogens is 329 g/mol. The molecule has 3 rings (SSSR count). The Bertz CT molecular complexity index is 800. The first-order valence-electron chi connectivity index (χ1n) is 7.39. The molecule has 0 aliphatic heterocycles. The lowest BCUT2D eigenvalue weighted by Crippen LogP contribution is -2.31. The fraction of sp³-hybridized carbons (Fsp3) is 0.176. The van der Waals surface area contributed by atoms with Gasteiger partial charge in [0.15, 0.2) is 6.10 Å². The molecule has 0 radical (unpaired) electrons. The quantitative estimate of drug-likeness (QED) is 0.743. The van der Waals surface area contributed by atoms with Crippen molar-refractivity contribution in [2.45, 2.75) is 19.6 Å². The number of nitrogens with zero attached hydrogens (tertiary/aromatic N) is 2. The second kappa shape index (κ2) is 7.27. The van der Waals surface area contributed by atoms with Crippen LogP contribution in [0.1, 0.15) is 11.8 Å². The highest BCUT2D eigenvalue weighted by Gasteiger charge is 2.17. The zero-order valence-corrected chi connectivity index (χ0v) is 13.8. The topological polar surface area (TPSA) is 56.1 Å². The van der Waals surface area contributed by atoms with Gasteiger partial charge in [0, 0.05) is 10.9 Å². The van der Waals surface area contributed by atoms with E-state index in [1.807, 2.05) is 17.5 Å². The maximum Gasteiger partial charge on any atom is 0.266 e. The number of halogens is 1. The van der Waals surface area contributed by atoms with Crippen LogP contribution in [0.4, 0.5) is 10.2 Å². The predicted octanol–water partition coefficient (Wildman–Crippen LogP) is 3.54. The van der Waals surface area contributed by atoms with Gasteiger partial charge in [-0.05, 0) is 42.6 Å². The fourth-order valence-electron chi connectivity index (χ4n) is 2.11. The van der Waals surface area contributed by atoms with Crippen molar-refractivity contribution >= 4 is 23.1 Å². The summed E-state index contributed by atoms with van der Waals surface area (Å²) < 4.78 is 20.1. The van der Waals surface area contributed by atoms with Crippen LogP contribution in [0.2, 0.25) is 0 Å². The van der Waals surface area contributed by atoms with Crippen molar-refractivity contribution < 1.29 is 13.9 Å². The summed E-state index contributed by atoms with van der Waals surface area (Å²) in [6.45, 7) is 2.23. The van der Waals surface area contributed by atoms with Gasteiger partial charge in [0.2, 0.25) is 0 Å². The summed E-state index contributed by atoms with van der Waals surface area (Å²) >= 11 is 1.63. The number of aromatic nitrogens is 2. The molecule has 1 amide bonds. The molecule has 24 heavy (non-hydrogen) atoms. The molecule has 0 fully saturated rings. The smallest absolute Gasteiger partial charge is 0.266 e. The average Bonchev–Trinajstić information content (AvgIpc) is 3.22. The number of hydrogen-bond acceptors (Lipinski definition) is 4. The summed E-state index contributed by atoms with van der Waals surface area (Å²) in [6.07, 6.45) is 0.912. The molecule has 1 aromatic carbocycles. The van der Waals surface area contributed by atoms with Gasteiger partial charge in [0.1, 0.15) is 17.4 Å². The van der Waals surface area contributed by atoms with E-state index in [-0.39, 0.29) is 11.7 Å². The number of carbonyl (C=O) groups excluding carboxylic acids is 1. The molecule has 1 atom stereocenters. The number of thiophene rings is 1. The Morgan fingerprint density at radius 2 is 2.12 bits per heavy atom. The first-order valence-corrected chi connectivity index (χ1v) is 8.27. The van der Waals surface area contributed by atoms with Gasteiger partial charge in [-0.25, -0.2) is 9.07 Å². The number of anilines is 1.